The average molecular weight is 582 g/mol. The van der Waals surface area contributed by atoms with Gasteiger partial charge in [-0.05, 0) is 81.2 Å². The van der Waals surface area contributed by atoms with Crippen molar-refractivity contribution in [2.45, 2.75) is 88.2 Å². The zero-order valence-electron chi connectivity index (χ0n) is 23.8. The Bertz CT molecular complexity index is 1230. The summed E-state index contributed by atoms with van der Waals surface area (Å²) in [5.74, 6) is -0.894. The maximum absolute atomic E-state index is 13.8. The van der Waals surface area contributed by atoms with Crippen LogP contribution < -0.4 is 11.1 Å². The maximum Gasteiger partial charge on any atom is 0.269 e. The highest BCUT2D eigenvalue weighted by molar-refractivity contribution is 5.97. The topological polar surface area (TPSA) is 131 Å². The second kappa shape index (κ2) is 13.7. The van der Waals surface area contributed by atoms with Gasteiger partial charge < -0.3 is 20.7 Å². The van der Waals surface area contributed by atoms with Crippen LogP contribution in [0.1, 0.15) is 67.3 Å². The third kappa shape index (κ3) is 7.50. The Morgan fingerprint density at radius 3 is 2.40 bits per heavy atom. The number of nitrogens with one attached hydrogen (secondary N) is 1. The predicted octanol–water partition coefficient (Wildman–Crippen LogP) is 3.77. The fraction of sp³-hybridized carbons (Fsp3) is 0.548. The third-order valence-corrected chi connectivity index (χ3v) is 8.86. The maximum atomic E-state index is 13.8. The van der Waals surface area contributed by atoms with E-state index in [4.69, 9.17) is 10.5 Å². The number of non-ortho nitro benzene ring substituents is 1. The molecular weight excluding hydrogens is 541 g/mol. The van der Waals surface area contributed by atoms with Gasteiger partial charge >= 0.3 is 0 Å². The molecule has 2 saturated heterocycles. The van der Waals surface area contributed by atoms with Crippen LogP contribution in [-0.4, -0.2) is 76.5 Å². The number of ether oxygens (including phenoxy) is 1. The summed E-state index contributed by atoms with van der Waals surface area (Å²) in [6.45, 7) is 2.30. The second-order valence-electron chi connectivity index (χ2n) is 11.8. The van der Waals surface area contributed by atoms with Crippen LogP contribution in [0.15, 0.2) is 48.5 Å². The average Bonchev–Trinajstić information content (AvgIpc) is 3.51. The molecule has 3 aliphatic rings. The minimum absolute atomic E-state index is 0.0165. The molecule has 1 aliphatic carbocycles. The van der Waals surface area contributed by atoms with Gasteiger partial charge in [0.25, 0.3) is 11.6 Å². The highest BCUT2D eigenvalue weighted by atomic mass is 19.1. The van der Waals surface area contributed by atoms with Gasteiger partial charge in [0.05, 0.1) is 11.0 Å². The van der Waals surface area contributed by atoms with Crippen LogP contribution in [0.5, 0.6) is 0 Å². The number of halogens is 1. The van der Waals surface area contributed by atoms with Gasteiger partial charge in [-0.2, -0.15) is 0 Å². The first-order valence-electron chi connectivity index (χ1n) is 15.0. The van der Waals surface area contributed by atoms with Crippen molar-refractivity contribution in [3.8, 4) is 0 Å². The molecule has 3 fully saturated rings. The molecule has 0 spiro atoms. The van der Waals surface area contributed by atoms with Crippen LogP contribution in [0.3, 0.4) is 0 Å². The number of amides is 2. The number of carbonyl (C=O) groups is 2. The Kier molecular flexibility index (Phi) is 9.81. The summed E-state index contributed by atoms with van der Waals surface area (Å²) in [6, 6.07) is 11.4. The van der Waals surface area contributed by atoms with Crippen LogP contribution in [-0.2, 0) is 16.1 Å². The fourth-order valence-corrected chi connectivity index (χ4v) is 6.44. The molecule has 5 rings (SSSR count). The highest BCUT2D eigenvalue weighted by Crippen LogP contribution is 2.28. The van der Waals surface area contributed by atoms with Crippen LogP contribution in [0, 0.1) is 15.9 Å². The zero-order chi connectivity index (χ0) is 29.6. The summed E-state index contributed by atoms with van der Waals surface area (Å²) < 4.78 is 19.5. The Balaban J connectivity index is 1.37. The molecule has 2 aromatic rings. The number of likely N-dealkylation sites (tertiary alicyclic amines) is 1. The number of rotatable bonds is 9. The quantitative estimate of drug-likeness (QED) is 0.340. The largest absolute Gasteiger partial charge is 0.377 e. The second-order valence-corrected chi connectivity index (χ2v) is 11.8. The number of nitrogens with zero attached hydrogens (tertiary/aromatic N) is 3. The highest BCUT2D eigenvalue weighted by Gasteiger charge is 2.40. The van der Waals surface area contributed by atoms with Gasteiger partial charge in [0, 0.05) is 62.1 Å². The van der Waals surface area contributed by atoms with Gasteiger partial charge in [-0.25, -0.2) is 4.39 Å². The fourth-order valence-electron chi connectivity index (χ4n) is 6.44. The first-order valence-corrected chi connectivity index (χ1v) is 15.0. The Labute approximate surface area is 245 Å². The molecule has 0 bridgehead atoms. The lowest BCUT2D eigenvalue weighted by atomic mass is 9.90. The predicted molar refractivity (Wildman–Crippen MR) is 155 cm³/mol. The summed E-state index contributed by atoms with van der Waals surface area (Å²) >= 11 is 0. The minimum atomic E-state index is -0.694. The van der Waals surface area contributed by atoms with Crippen molar-refractivity contribution in [1.29, 1.82) is 0 Å². The van der Waals surface area contributed by atoms with E-state index < -0.39 is 16.8 Å². The van der Waals surface area contributed by atoms with Crippen molar-refractivity contribution < 1.29 is 23.6 Å². The van der Waals surface area contributed by atoms with Crippen LogP contribution >= 0.6 is 0 Å². The van der Waals surface area contributed by atoms with Crippen molar-refractivity contribution in [3.63, 3.8) is 0 Å². The molecule has 3 N–H and O–H groups in total. The molecule has 1 saturated carbocycles. The number of piperidine rings is 1. The lowest BCUT2D eigenvalue weighted by Gasteiger charge is -2.44. The summed E-state index contributed by atoms with van der Waals surface area (Å²) in [7, 11) is 0. The van der Waals surface area contributed by atoms with Crippen molar-refractivity contribution >= 4 is 17.5 Å². The van der Waals surface area contributed by atoms with Gasteiger partial charge in [0.2, 0.25) is 5.91 Å². The SMILES string of the molecule is NC1CCC(NC(=O)[C@H]2CC(N(Cc3ccc([N+](=O)[O-])cc3)CC3CCCO3)CCN2C(=O)c2ccc(F)cc2)CC1. The van der Waals surface area contributed by atoms with Gasteiger partial charge in [-0.15, -0.1) is 0 Å². The molecular formula is C31H40FN5O5. The standard InChI is InChI=1S/C31H40FN5O5/c32-23-7-5-22(6-8-23)31(39)36-16-15-27(18-29(36)30(38)34-25-11-9-24(33)10-12-25)35(20-28-2-1-17-42-28)19-21-3-13-26(14-4-21)37(40)41/h3-8,13-14,24-25,27-29H,1-2,9-12,15-20,33H2,(H,34,38)/t24?,25?,27?,28?,29-/m1/s1. The molecule has 2 aromatic carbocycles. The summed E-state index contributed by atoms with van der Waals surface area (Å²) in [5, 5.41) is 14.4. The summed E-state index contributed by atoms with van der Waals surface area (Å²) in [4.78, 5) is 42.1. The first kappa shape index (κ1) is 30.1. The van der Waals surface area contributed by atoms with E-state index in [9.17, 15) is 24.1 Å². The Morgan fingerprint density at radius 2 is 1.76 bits per heavy atom. The van der Waals surface area contributed by atoms with Crippen LogP contribution in [0.4, 0.5) is 10.1 Å². The van der Waals surface area contributed by atoms with E-state index in [1.165, 1.54) is 36.4 Å². The smallest absolute Gasteiger partial charge is 0.269 e. The van der Waals surface area contributed by atoms with E-state index in [-0.39, 0.29) is 41.7 Å². The molecule has 2 amide bonds. The number of carbonyl (C=O) groups excluding carboxylic acids is 2. The third-order valence-electron chi connectivity index (χ3n) is 8.86. The summed E-state index contributed by atoms with van der Waals surface area (Å²) in [6.07, 6.45) is 6.41. The molecule has 10 nitrogen and oxygen atoms in total. The number of benzene rings is 2. The van der Waals surface area contributed by atoms with Gasteiger partial charge in [-0.3, -0.25) is 24.6 Å². The van der Waals surface area contributed by atoms with Gasteiger partial charge in [0.15, 0.2) is 0 Å². The number of nitrogens with two attached hydrogens (primary N) is 1. The van der Waals surface area contributed by atoms with Gasteiger partial charge in [0.1, 0.15) is 11.9 Å². The number of hydrogen-bond acceptors (Lipinski definition) is 7. The van der Waals surface area contributed by atoms with E-state index in [1.807, 2.05) is 0 Å². The van der Waals surface area contributed by atoms with E-state index in [1.54, 1.807) is 17.0 Å². The molecule has 42 heavy (non-hydrogen) atoms. The number of nitro benzene ring substituents is 1. The number of hydrogen-bond donors (Lipinski definition) is 2. The van der Waals surface area contributed by atoms with E-state index >= 15 is 0 Å². The van der Waals surface area contributed by atoms with E-state index in [0.717, 1.165) is 50.7 Å². The molecule has 0 radical (unpaired) electrons. The van der Waals surface area contributed by atoms with Crippen LogP contribution in [0.2, 0.25) is 0 Å². The molecule has 2 unspecified atom stereocenters. The first-order chi connectivity index (χ1) is 20.3. The molecule has 2 aliphatic heterocycles. The molecule has 2 heterocycles. The number of nitro groups is 1. The molecule has 0 aromatic heterocycles. The van der Waals surface area contributed by atoms with Crippen molar-refractivity contribution in [2.75, 3.05) is 19.7 Å². The van der Waals surface area contributed by atoms with E-state index in [0.29, 0.717) is 38.0 Å². The normalized spacial score (nSPS) is 26.3. The minimum Gasteiger partial charge on any atom is -0.377 e. The lowest BCUT2D eigenvalue weighted by molar-refractivity contribution is -0.384. The lowest BCUT2D eigenvalue weighted by Crippen LogP contribution is -2.59. The van der Waals surface area contributed by atoms with Crippen molar-refractivity contribution in [2.24, 2.45) is 5.73 Å². The van der Waals surface area contributed by atoms with E-state index in [2.05, 4.69) is 10.2 Å². The molecule has 226 valence electrons. The monoisotopic (exact) mass is 581 g/mol. The molecule has 11 heteroatoms. The molecule has 3 atom stereocenters. The van der Waals surface area contributed by atoms with Crippen LogP contribution in [0.25, 0.3) is 0 Å². The Hall–Kier alpha value is -3.41. The van der Waals surface area contributed by atoms with Crippen molar-refractivity contribution in [3.05, 3.63) is 75.6 Å². The van der Waals surface area contributed by atoms with Gasteiger partial charge in [-0.1, -0.05) is 12.1 Å². The van der Waals surface area contributed by atoms with Crippen molar-refractivity contribution in [1.82, 2.24) is 15.1 Å². The zero-order valence-corrected chi connectivity index (χ0v) is 23.8. The Morgan fingerprint density at radius 1 is 1.05 bits per heavy atom. The summed E-state index contributed by atoms with van der Waals surface area (Å²) in [5.41, 5.74) is 7.39.